The van der Waals surface area contributed by atoms with E-state index in [2.05, 4.69) is 31.2 Å². The average molecular weight is 441 g/mol. The fraction of sp³-hybridized carbons (Fsp3) is 0.625. The van der Waals surface area contributed by atoms with E-state index in [0.29, 0.717) is 6.42 Å². The van der Waals surface area contributed by atoms with Gasteiger partial charge in [0.25, 0.3) is 0 Å². The molecule has 2 rings (SSSR count). The molecule has 0 saturated heterocycles. The standard InChI is InChI=1S/C24H34Cl2O3/c1-2-3-6-10-22(27)17-12-14-18(15-13-17)24-19(20(25)16-21(24)26)9-7-4-5-8-11-23(28)29/h4,7,12-15,19-22,24,27H,2-3,5-6,8-11,16H2,1H3,(H,28,29)/t19-,20+,21?,22?,24+/m0/s1. The molecule has 1 aliphatic rings. The van der Waals surface area contributed by atoms with Gasteiger partial charge in [-0.3, -0.25) is 4.79 Å². The first-order chi connectivity index (χ1) is 13.9. The van der Waals surface area contributed by atoms with Gasteiger partial charge in [0.15, 0.2) is 0 Å². The molecule has 5 heteroatoms. The molecule has 0 spiro atoms. The largest absolute Gasteiger partial charge is 0.481 e. The Bertz CT molecular complexity index is 644. The van der Waals surface area contributed by atoms with Crippen molar-refractivity contribution in [1.82, 2.24) is 0 Å². The third-order valence-electron chi connectivity index (χ3n) is 5.89. The molecule has 5 atom stereocenters. The summed E-state index contributed by atoms with van der Waals surface area (Å²) in [5.74, 6) is -0.302. The van der Waals surface area contributed by atoms with Crippen molar-refractivity contribution in [3.63, 3.8) is 0 Å². The smallest absolute Gasteiger partial charge is 0.303 e. The van der Waals surface area contributed by atoms with Crippen molar-refractivity contribution < 1.29 is 15.0 Å². The number of unbranched alkanes of at least 4 members (excludes halogenated alkanes) is 3. The van der Waals surface area contributed by atoms with Crippen molar-refractivity contribution in [1.29, 1.82) is 0 Å². The topological polar surface area (TPSA) is 57.5 Å². The maximum absolute atomic E-state index is 10.6. The summed E-state index contributed by atoms with van der Waals surface area (Å²) in [6, 6.07) is 8.24. The first kappa shape index (κ1) is 24.2. The molecule has 0 radical (unpaired) electrons. The van der Waals surface area contributed by atoms with E-state index in [4.69, 9.17) is 28.3 Å². The monoisotopic (exact) mass is 440 g/mol. The van der Waals surface area contributed by atoms with E-state index in [9.17, 15) is 9.90 Å². The third kappa shape index (κ3) is 7.62. The SMILES string of the molecule is CCCCCC(O)c1ccc([C@H]2C(Cl)C[C@@H](Cl)[C@@H]2CC=CCCCC(=O)O)cc1. The number of allylic oxidation sites excluding steroid dienone is 2. The first-order valence-electron chi connectivity index (χ1n) is 10.9. The quantitative estimate of drug-likeness (QED) is 0.213. The highest BCUT2D eigenvalue weighted by molar-refractivity contribution is 6.25. The number of alkyl halides is 2. The van der Waals surface area contributed by atoms with Crippen LogP contribution in [-0.2, 0) is 4.79 Å². The van der Waals surface area contributed by atoms with E-state index in [1.807, 2.05) is 12.1 Å². The van der Waals surface area contributed by atoms with Crippen LogP contribution in [-0.4, -0.2) is 26.9 Å². The Kier molecular flexibility index (Phi) is 10.5. The normalized spacial score (nSPS) is 25.5. The molecule has 1 fully saturated rings. The van der Waals surface area contributed by atoms with Crippen molar-refractivity contribution in [2.24, 2.45) is 5.92 Å². The van der Waals surface area contributed by atoms with Gasteiger partial charge in [0.2, 0.25) is 0 Å². The maximum atomic E-state index is 10.6. The minimum atomic E-state index is -0.751. The molecule has 2 unspecified atom stereocenters. The number of aliphatic carboxylic acids is 1. The van der Waals surface area contributed by atoms with Gasteiger partial charge in [-0.1, -0.05) is 62.6 Å². The van der Waals surface area contributed by atoms with Crippen LogP contribution in [0.3, 0.4) is 0 Å². The minimum absolute atomic E-state index is 0.00300. The Balaban J connectivity index is 1.96. The lowest BCUT2D eigenvalue weighted by Crippen LogP contribution is -2.16. The lowest BCUT2D eigenvalue weighted by atomic mass is 9.85. The highest BCUT2D eigenvalue weighted by Gasteiger charge is 2.41. The Hall–Kier alpha value is -1.03. The number of rotatable bonds is 12. The molecule has 0 bridgehead atoms. The van der Waals surface area contributed by atoms with Crippen LogP contribution in [0.15, 0.2) is 36.4 Å². The molecule has 0 heterocycles. The Morgan fingerprint density at radius 1 is 1.14 bits per heavy atom. The van der Waals surface area contributed by atoms with Gasteiger partial charge in [-0.2, -0.15) is 0 Å². The van der Waals surface area contributed by atoms with Crippen LogP contribution in [0.2, 0.25) is 0 Å². The highest BCUT2D eigenvalue weighted by atomic mass is 35.5. The second-order valence-electron chi connectivity index (χ2n) is 8.13. The summed E-state index contributed by atoms with van der Waals surface area (Å²) in [5, 5.41) is 19.1. The molecule has 1 aromatic carbocycles. The molecule has 0 aromatic heterocycles. The predicted molar refractivity (Wildman–Crippen MR) is 121 cm³/mol. The molecule has 1 aliphatic carbocycles. The van der Waals surface area contributed by atoms with Gasteiger partial charge in [0, 0.05) is 23.1 Å². The van der Waals surface area contributed by atoms with Crippen molar-refractivity contribution in [2.45, 2.75) is 87.5 Å². The second kappa shape index (κ2) is 12.6. The molecule has 162 valence electrons. The third-order valence-corrected chi connectivity index (χ3v) is 6.84. The number of hydrogen-bond donors (Lipinski definition) is 2. The zero-order chi connectivity index (χ0) is 21.2. The van der Waals surface area contributed by atoms with Crippen LogP contribution in [0.4, 0.5) is 0 Å². The number of carbonyl (C=O) groups is 1. The molecule has 0 aliphatic heterocycles. The van der Waals surface area contributed by atoms with Gasteiger partial charge in [-0.05, 0) is 49.1 Å². The zero-order valence-corrected chi connectivity index (χ0v) is 18.8. The summed E-state index contributed by atoms with van der Waals surface area (Å²) < 4.78 is 0. The van der Waals surface area contributed by atoms with Crippen LogP contribution < -0.4 is 0 Å². The molecule has 1 saturated carbocycles. The minimum Gasteiger partial charge on any atom is -0.481 e. The Morgan fingerprint density at radius 2 is 1.86 bits per heavy atom. The van der Waals surface area contributed by atoms with E-state index < -0.39 is 12.1 Å². The lowest BCUT2D eigenvalue weighted by molar-refractivity contribution is -0.137. The summed E-state index contributed by atoms with van der Waals surface area (Å²) >= 11 is 13.3. The summed E-state index contributed by atoms with van der Waals surface area (Å²) in [7, 11) is 0. The molecular formula is C24H34Cl2O3. The molecule has 1 aromatic rings. The van der Waals surface area contributed by atoms with E-state index in [-0.39, 0.29) is 29.0 Å². The van der Waals surface area contributed by atoms with Crippen molar-refractivity contribution >= 4 is 29.2 Å². The van der Waals surface area contributed by atoms with Gasteiger partial charge >= 0.3 is 5.97 Å². The summed E-state index contributed by atoms with van der Waals surface area (Å²) in [5.41, 5.74) is 2.15. The molecular weight excluding hydrogens is 407 g/mol. The van der Waals surface area contributed by atoms with Gasteiger partial charge in [-0.25, -0.2) is 0 Å². The number of aliphatic hydroxyl groups excluding tert-OH is 1. The maximum Gasteiger partial charge on any atom is 0.303 e. The molecule has 2 N–H and O–H groups in total. The van der Waals surface area contributed by atoms with Crippen LogP contribution in [0.25, 0.3) is 0 Å². The summed E-state index contributed by atoms with van der Waals surface area (Å²) in [4.78, 5) is 10.6. The summed E-state index contributed by atoms with van der Waals surface area (Å²) in [6.07, 6.45) is 11.2. The Morgan fingerprint density at radius 3 is 2.52 bits per heavy atom. The number of halogens is 2. The molecule has 3 nitrogen and oxygen atoms in total. The molecule has 29 heavy (non-hydrogen) atoms. The van der Waals surface area contributed by atoms with E-state index in [0.717, 1.165) is 50.5 Å². The van der Waals surface area contributed by atoms with Crippen LogP contribution in [0.5, 0.6) is 0 Å². The predicted octanol–water partition coefficient (Wildman–Crippen LogP) is 6.82. The number of carboxylic acid groups (broad SMARTS) is 1. The van der Waals surface area contributed by atoms with Crippen molar-refractivity contribution in [3.05, 3.63) is 47.5 Å². The average Bonchev–Trinajstić information content (AvgIpc) is 2.97. The highest BCUT2D eigenvalue weighted by Crippen LogP contribution is 2.47. The fourth-order valence-electron chi connectivity index (χ4n) is 4.22. The second-order valence-corrected chi connectivity index (χ2v) is 9.25. The zero-order valence-electron chi connectivity index (χ0n) is 17.3. The van der Waals surface area contributed by atoms with Gasteiger partial charge in [-0.15, -0.1) is 23.2 Å². The van der Waals surface area contributed by atoms with E-state index >= 15 is 0 Å². The van der Waals surface area contributed by atoms with Crippen molar-refractivity contribution in [3.8, 4) is 0 Å². The number of aliphatic hydroxyl groups is 1. The van der Waals surface area contributed by atoms with Crippen LogP contribution >= 0.6 is 23.2 Å². The van der Waals surface area contributed by atoms with Crippen LogP contribution in [0.1, 0.15) is 87.9 Å². The number of benzene rings is 1. The van der Waals surface area contributed by atoms with Gasteiger partial charge < -0.3 is 10.2 Å². The van der Waals surface area contributed by atoms with E-state index in [1.165, 1.54) is 5.56 Å². The summed E-state index contributed by atoms with van der Waals surface area (Å²) in [6.45, 7) is 2.16. The van der Waals surface area contributed by atoms with Gasteiger partial charge in [0.05, 0.1) is 6.10 Å². The first-order valence-corrected chi connectivity index (χ1v) is 11.7. The van der Waals surface area contributed by atoms with Crippen molar-refractivity contribution in [2.75, 3.05) is 0 Å². The number of carboxylic acids is 1. The fourth-order valence-corrected chi connectivity index (χ4v) is 5.28. The van der Waals surface area contributed by atoms with Crippen LogP contribution in [0, 0.1) is 5.92 Å². The Labute approximate surface area is 185 Å². The molecule has 0 amide bonds. The lowest BCUT2D eigenvalue weighted by Gasteiger charge is -2.23. The van der Waals surface area contributed by atoms with Gasteiger partial charge in [0.1, 0.15) is 0 Å². The van der Waals surface area contributed by atoms with E-state index in [1.54, 1.807) is 0 Å². The number of hydrogen-bond acceptors (Lipinski definition) is 2.